The van der Waals surface area contributed by atoms with Crippen LogP contribution in [0, 0.1) is 13.8 Å². The van der Waals surface area contributed by atoms with Crippen molar-refractivity contribution < 1.29 is 43.3 Å². The topological polar surface area (TPSA) is 184 Å². The fourth-order valence-electron chi connectivity index (χ4n) is 5.03. The molecule has 0 radical (unpaired) electrons. The minimum Gasteiger partial charge on any atom is -0.479 e. The highest BCUT2D eigenvalue weighted by Crippen LogP contribution is 2.35. The average molecular weight is 639 g/mol. The zero-order valence-corrected chi connectivity index (χ0v) is 27.1. The number of nitrogens with one attached hydrogen (secondary N) is 3. The van der Waals surface area contributed by atoms with Gasteiger partial charge < -0.3 is 35.1 Å². The first kappa shape index (κ1) is 35.7. The van der Waals surface area contributed by atoms with Crippen LogP contribution >= 0.6 is 0 Å². The van der Waals surface area contributed by atoms with Gasteiger partial charge in [0.1, 0.15) is 5.78 Å². The number of aryl methyl sites for hydroxylation is 1. The summed E-state index contributed by atoms with van der Waals surface area (Å²) < 4.78 is 9.65. The van der Waals surface area contributed by atoms with Crippen molar-refractivity contribution in [1.29, 1.82) is 0 Å². The number of H-pyrrole nitrogens is 1. The Morgan fingerprint density at radius 1 is 1.02 bits per heavy atom. The Balaban J connectivity index is 1.65. The van der Waals surface area contributed by atoms with Gasteiger partial charge in [0.25, 0.3) is 11.8 Å². The summed E-state index contributed by atoms with van der Waals surface area (Å²) in [5.74, 6) is -3.91. The maximum absolute atomic E-state index is 13.0. The van der Waals surface area contributed by atoms with Crippen molar-refractivity contribution in [2.45, 2.75) is 73.0 Å². The Kier molecular flexibility index (Phi) is 12.4. The number of likely N-dealkylation sites (N-methyl/N-ethyl adjacent to an activating group) is 1. The number of nitrogens with zero attached hydrogens (tertiary/aromatic N) is 1. The normalized spacial score (nSPS) is 14.4. The van der Waals surface area contributed by atoms with Gasteiger partial charge >= 0.3 is 17.9 Å². The predicted molar refractivity (Wildman–Crippen MR) is 170 cm³/mol. The molecule has 2 atom stereocenters. The van der Waals surface area contributed by atoms with Gasteiger partial charge in [-0.05, 0) is 70.1 Å². The maximum atomic E-state index is 13.0. The number of hydrogen-bond acceptors (Lipinski definition) is 9. The molecule has 46 heavy (non-hydrogen) atoms. The molecule has 0 spiro atoms. The third-order valence-electron chi connectivity index (χ3n) is 7.76. The fraction of sp³-hybridized carbons (Fsp3) is 0.455. The number of amides is 2. The lowest BCUT2D eigenvalue weighted by Crippen LogP contribution is -2.35. The van der Waals surface area contributed by atoms with E-state index in [4.69, 9.17) is 9.84 Å². The summed E-state index contributed by atoms with van der Waals surface area (Å²) in [4.78, 5) is 78.9. The van der Waals surface area contributed by atoms with Gasteiger partial charge in [-0.1, -0.05) is 19.9 Å². The van der Waals surface area contributed by atoms with Crippen LogP contribution in [-0.4, -0.2) is 88.9 Å². The molecule has 3 rings (SSSR count). The van der Waals surface area contributed by atoms with Crippen LogP contribution in [0.25, 0.3) is 11.6 Å². The lowest BCUT2D eigenvalue weighted by atomic mass is 9.98. The second-order valence-electron chi connectivity index (χ2n) is 11.1. The highest BCUT2D eigenvalue weighted by molar-refractivity contribution is 6.35. The van der Waals surface area contributed by atoms with E-state index in [1.54, 1.807) is 24.3 Å². The van der Waals surface area contributed by atoms with Gasteiger partial charge in [0.15, 0.2) is 12.2 Å². The van der Waals surface area contributed by atoms with E-state index in [-0.39, 0.29) is 36.9 Å². The number of esters is 2. The Morgan fingerprint density at radius 2 is 1.72 bits per heavy atom. The van der Waals surface area contributed by atoms with Crippen LogP contribution in [-0.2, 0) is 39.9 Å². The van der Waals surface area contributed by atoms with Crippen molar-refractivity contribution in [1.82, 2.24) is 15.2 Å². The van der Waals surface area contributed by atoms with Crippen LogP contribution in [0.2, 0.25) is 0 Å². The molecule has 248 valence electrons. The molecule has 2 amide bonds. The van der Waals surface area contributed by atoms with Crippen molar-refractivity contribution >= 4 is 52.8 Å². The minimum atomic E-state index is -1.39. The van der Waals surface area contributed by atoms with E-state index in [0.29, 0.717) is 51.4 Å². The highest BCUT2D eigenvalue weighted by Gasteiger charge is 2.27. The molecule has 2 aromatic rings. The smallest absolute Gasteiger partial charge is 0.347 e. The molecule has 4 N–H and O–H groups in total. The van der Waals surface area contributed by atoms with Crippen LogP contribution in [0.5, 0.6) is 0 Å². The number of aromatic amines is 1. The molecule has 0 saturated carbocycles. The fourth-order valence-corrected chi connectivity index (χ4v) is 5.03. The zero-order valence-electron chi connectivity index (χ0n) is 27.1. The number of carbonyl (C=O) groups excluding carboxylic acids is 5. The van der Waals surface area contributed by atoms with E-state index >= 15 is 0 Å². The first-order valence-electron chi connectivity index (χ1n) is 15.3. The summed E-state index contributed by atoms with van der Waals surface area (Å²) in [5.41, 5.74) is 4.75. The van der Waals surface area contributed by atoms with Crippen molar-refractivity contribution in [3.63, 3.8) is 0 Å². The van der Waals surface area contributed by atoms with E-state index in [0.717, 1.165) is 19.6 Å². The number of anilines is 1. The van der Waals surface area contributed by atoms with E-state index in [2.05, 4.69) is 39.1 Å². The molecule has 13 nitrogen and oxygen atoms in total. The SMILES string of the molecule is CCN(CC)CCNC(=O)c1c(C)[nH]c(/C=C2\C(=O)Nc3ccc(CC(=O)CCC(=O)O[C@@H](C)C(=O)O[C@@H](C)C(=O)O)cc32)c1C. The van der Waals surface area contributed by atoms with Gasteiger partial charge in [0.2, 0.25) is 0 Å². The van der Waals surface area contributed by atoms with Crippen LogP contribution in [0.15, 0.2) is 18.2 Å². The number of fused-ring (bicyclic) bond motifs is 1. The molecule has 0 saturated heterocycles. The number of rotatable bonds is 16. The number of carboxylic acids is 1. The van der Waals surface area contributed by atoms with Crippen molar-refractivity contribution in [3.05, 3.63) is 51.8 Å². The lowest BCUT2D eigenvalue weighted by molar-refractivity contribution is -0.175. The van der Waals surface area contributed by atoms with Gasteiger partial charge in [-0.25, -0.2) is 9.59 Å². The largest absolute Gasteiger partial charge is 0.479 e. The molecule has 13 heteroatoms. The van der Waals surface area contributed by atoms with Crippen LogP contribution in [0.3, 0.4) is 0 Å². The monoisotopic (exact) mass is 638 g/mol. The number of carboxylic acid groups (broad SMARTS) is 1. The molecule has 0 bridgehead atoms. The molecule has 2 heterocycles. The van der Waals surface area contributed by atoms with Gasteiger partial charge in [0, 0.05) is 48.6 Å². The molecule has 0 aliphatic carbocycles. The van der Waals surface area contributed by atoms with E-state index in [9.17, 15) is 28.8 Å². The zero-order chi connectivity index (χ0) is 34.1. The summed E-state index contributed by atoms with van der Waals surface area (Å²) in [6, 6.07) is 5.16. The number of ether oxygens (including phenoxy) is 2. The van der Waals surface area contributed by atoms with Gasteiger partial charge in [-0.3, -0.25) is 19.2 Å². The van der Waals surface area contributed by atoms with Gasteiger partial charge in [0.05, 0.1) is 17.6 Å². The Bertz CT molecular complexity index is 1540. The minimum absolute atomic E-state index is 0.00575. The number of carbonyl (C=O) groups is 6. The Labute approximate surface area is 267 Å². The lowest BCUT2D eigenvalue weighted by Gasteiger charge is -2.18. The van der Waals surface area contributed by atoms with E-state index < -0.39 is 30.1 Å². The molecular formula is C33H42N4O9. The van der Waals surface area contributed by atoms with Crippen molar-refractivity contribution in [3.8, 4) is 0 Å². The van der Waals surface area contributed by atoms with Crippen molar-refractivity contribution in [2.75, 3.05) is 31.5 Å². The number of Topliss-reactive ketones (excluding diaryl/α,β-unsaturated/α-hetero) is 1. The first-order valence-corrected chi connectivity index (χ1v) is 15.3. The Hall–Kier alpha value is -4.78. The van der Waals surface area contributed by atoms with Crippen LogP contribution in [0.4, 0.5) is 5.69 Å². The second-order valence-corrected chi connectivity index (χ2v) is 11.1. The van der Waals surface area contributed by atoms with E-state index in [1.807, 2.05) is 13.8 Å². The summed E-state index contributed by atoms with van der Waals surface area (Å²) >= 11 is 0. The third kappa shape index (κ3) is 9.13. The summed E-state index contributed by atoms with van der Waals surface area (Å²) in [6.45, 7) is 13.3. The molecule has 1 aliphatic heterocycles. The van der Waals surface area contributed by atoms with Gasteiger partial charge in [-0.2, -0.15) is 0 Å². The van der Waals surface area contributed by atoms with E-state index in [1.165, 1.54) is 13.8 Å². The number of ketones is 1. The predicted octanol–water partition coefficient (Wildman–Crippen LogP) is 3.04. The third-order valence-corrected chi connectivity index (χ3v) is 7.76. The molecular weight excluding hydrogens is 596 g/mol. The molecule has 0 unspecified atom stereocenters. The van der Waals surface area contributed by atoms with Crippen molar-refractivity contribution in [2.24, 2.45) is 0 Å². The molecule has 1 aromatic carbocycles. The Morgan fingerprint density at radius 3 is 2.37 bits per heavy atom. The molecule has 1 aromatic heterocycles. The number of benzene rings is 1. The van der Waals surface area contributed by atoms with Crippen LogP contribution < -0.4 is 10.6 Å². The number of hydrogen-bond donors (Lipinski definition) is 4. The number of aliphatic carboxylic acids is 1. The summed E-state index contributed by atoms with van der Waals surface area (Å²) in [5, 5.41) is 14.6. The summed E-state index contributed by atoms with van der Waals surface area (Å²) in [6.07, 6.45) is -1.46. The highest BCUT2D eigenvalue weighted by atomic mass is 16.6. The second kappa shape index (κ2) is 16.0. The van der Waals surface area contributed by atoms with Crippen LogP contribution in [0.1, 0.15) is 79.0 Å². The van der Waals surface area contributed by atoms with Gasteiger partial charge in [-0.15, -0.1) is 0 Å². The quantitative estimate of drug-likeness (QED) is 0.157. The molecule has 1 aliphatic rings. The summed E-state index contributed by atoms with van der Waals surface area (Å²) in [7, 11) is 0. The molecule has 0 fully saturated rings. The maximum Gasteiger partial charge on any atom is 0.347 e. The average Bonchev–Trinajstić information content (AvgIpc) is 3.47. The standard InChI is InChI=1S/C33H42N4O9/c1-7-37(8-2)14-13-34-31(41)29-18(3)27(35-19(29)4)17-25-24-16-22(9-11-26(24)36-30(25)40)15-23(38)10-12-28(39)45-21(6)33(44)46-20(5)32(42)43/h9,11,16-17,20-21,35H,7-8,10,12-15H2,1-6H3,(H,34,41)(H,36,40)(H,42,43)/b25-17-/t20-,21-/m0/s1. The number of aromatic nitrogens is 1. The first-order chi connectivity index (χ1) is 21.7.